The molecule has 1 amide bonds. The van der Waals surface area contributed by atoms with E-state index in [0.29, 0.717) is 12.3 Å². The number of benzene rings is 2. The minimum absolute atomic E-state index is 0.0300. The van der Waals surface area contributed by atoms with Crippen LogP contribution in [-0.2, 0) is 11.3 Å². The number of anilines is 1. The van der Waals surface area contributed by atoms with Gasteiger partial charge in [-0.2, -0.15) is 0 Å². The summed E-state index contributed by atoms with van der Waals surface area (Å²) in [5.41, 5.74) is 1.94. The van der Waals surface area contributed by atoms with Crippen molar-refractivity contribution in [1.29, 1.82) is 0 Å². The highest BCUT2D eigenvalue weighted by molar-refractivity contribution is 8.00. The third-order valence-corrected chi connectivity index (χ3v) is 5.31. The van der Waals surface area contributed by atoms with Crippen LogP contribution in [0.3, 0.4) is 0 Å². The van der Waals surface area contributed by atoms with Crippen molar-refractivity contribution < 1.29 is 14.1 Å². The first-order valence-corrected chi connectivity index (χ1v) is 9.63. The summed E-state index contributed by atoms with van der Waals surface area (Å²) in [6.07, 6.45) is 1.59. The predicted molar refractivity (Wildman–Crippen MR) is 109 cm³/mol. The minimum Gasteiger partial charge on any atom is -0.467 e. The molecule has 3 rings (SSSR count). The normalized spacial score (nSPS) is 11.8. The first-order valence-electron chi connectivity index (χ1n) is 8.75. The monoisotopic (exact) mass is 396 g/mol. The first kappa shape index (κ1) is 19.7. The van der Waals surface area contributed by atoms with E-state index in [1.54, 1.807) is 29.4 Å². The molecule has 0 saturated carbocycles. The number of nitro benzene ring substituents is 1. The summed E-state index contributed by atoms with van der Waals surface area (Å²) in [5.74, 6) is 0.630. The van der Waals surface area contributed by atoms with Crippen molar-refractivity contribution in [3.8, 4) is 0 Å². The maximum absolute atomic E-state index is 13.2. The van der Waals surface area contributed by atoms with Gasteiger partial charge in [-0.15, -0.1) is 11.8 Å². The van der Waals surface area contributed by atoms with Crippen LogP contribution in [0.25, 0.3) is 0 Å². The molecule has 144 valence electrons. The molecule has 0 aliphatic rings. The Morgan fingerprint density at radius 3 is 2.39 bits per heavy atom. The van der Waals surface area contributed by atoms with Crippen molar-refractivity contribution in [1.82, 2.24) is 0 Å². The van der Waals surface area contributed by atoms with Crippen LogP contribution < -0.4 is 4.90 Å². The molecule has 0 aliphatic carbocycles. The molecule has 2 aromatic carbocycles. The Bertz CT molecular complexity index is 938. The van der Waals surface area contributed by atoms with Crippen LogP contribution in [0.15, 0.2) is 76.2 Å². The van der Waals surface area contributed by atoms with Crippen LogP contribution in [0, 0.1) is 17.0 Å². The van der Waals surface area contributed by atoms with Gasteiger partial charge >= 0.3 is 0 Å². The Balaban J connectivity index is 1.79. The third-order valence-electron chi connectivity index (χ3n) is 4.21. The van der Waals surface area contributed by atoms with Crippen LogP contribution in [0.2, 0.25) is 0 Å². The van der Waals surface area contributed by atoms with Crippen LogP contribution in [0.1, 0.15) is 18.2 Å². The van der Waals surface area contributed by atoms with Gasteiger partial charge in [0.2, 0.25) is 5.91 Å². The summed E-state index contributed by atoms with van der Waals surface area (Å²) in [7, 11) is 0. The van der Waals surface area contributed by atoms with Crippen LogP contribution in [0.5, 0.6) is 0 Å². The standard InChI is InChI=1S/C21H20N2O4S/c1-15-5-7-17(8-6-15)22(14-19-4-3-13-27-19)21(24)16(2)28-20-11-9-18(10-12-20)23(25)26/h3-13,16H,14H2,1-2H3. The first-order chi connectivity index (χ1) is 13.4. The number of amides is 1. The van der Waals surface area contributed by atoms with Gasteiger partial charge in [0.05, 0.1) is 23.0 Å². The summed E-state index contributed by atoms with van der Waals surface area (Å²) in [6, 6.07) is 17.6. The molecule has 1 unspecified atom stereocenters. The summed E-state index contributed by atoms with van der Waals surface area (Å²) in [6.45, 7) is 4.16. The van der Waals surface area contributed by atoms with Gasteiger partial charge in [0, 0.05) is 22.7 Å². The van der Waals surface area contributed by atoms with E-state index >= 15 is 0 Å². The zero-order chi connectivity index (χ0) is 20.1. The zero-order valence-electron chi connectivity index (χ0n) is 15.6. The molecule has 3 aromatic rings. The largest absolute Gasteiger partial charge is 0.467 e. The van der Waals surface area contributed by atoms with Gasteiger partial charge in [0.15, 0.2) is 0 Å². The van der Waals surface area contributed by atoms with Crippen LogP contribution in [-0.4, -0.2) is 16.1 Å². The van der Waals surface area contributed by atoms with Gasteiger partial charge in [-0.25, -0.2) is 0 Å². The molecule has 1 aromatic heterocycles. The minimum atomic E-state index is -0.439. The molecule has 1 heterocycles. The fourth-order valence-electron chi connectivity index (χ4n) is 2.70. The Kier molecular flexibility index (Phi) is 6.16. The lowest BCUT2D eigenvalue weighted by atomic mass is 10.2. The molecule has 0 radical (unpaired) electrons. The van der Waals surface area contributed by atoms with E-state index in [-0.39, 0.29) is 16.8 Å². The SMILES string of the molecule is Cc1ccc(N(Cc2ccco2)C(=O)C(C)Sc2ccc([N+](=O)[O-])cc2)cc1. The topological polar surface area (TPSA) is 76.6 Å². The molecule has 0 spiro atoms. The van der Waals surface area contributed by atoms with E-state index in [4.69, 9.17) is 4.42 Å². The maximum atomic E-state index is 13.2. The van der Waals surface area contributed by atoms with E-state index in [2.05, 4.69) is 0 Å². The highest BCUT2D eigenvalue weighted by atomic mass is 32.2. The molecule has 28 heavy (non-hydrogen) atoms. The molecule has 0 N–H and O–H groups in total. The fraction of sp³-hybridized carbons (Fsp3) is 0.190. The highest BCUT2D eigenvalue weighted by Gasteiger charge is 2.24. The van der Waals surface area contributed by atoms with Crippen LogP contribution >= 0.6 is 11.8 Å². The Labute approximate surface area is 167 Å². The van der Waals surface area contributed by atoms with Gasteiger partial charge in [0.25, 0.3) is 5.69 Å². The molecule has 1 atom stereocenters. The molecular formula is C21H20N2O4S. The number of rotatable bonds is 7. The predicted octanol–water partition coefficient (Wildman–Crippen LogP) is 5.21. The molecule has 0 saturated heterocycles. The lowest BCUT2D eigenvalue weighted by Gasteiger charge is -2.25. The summed E-state index contributed by atoms with van der Waals surface area (Å²) >= 11 is 1.37. The number of nitro groups is 1. The number of carbonyl (C=O) groups is 1. The van der Waals surface area contributed by atoms with E-state index in [0.717, 1.165) is 16.1 Å². The number of hydrogen-bond acceptors (Lipinski definition) is 5. The fourth-order valence-corrected chi connectivity index (χ4v) is 3.63. The summed E-state index contributed by atoms with van der Waals surface area (Å²) < 4.78 is 5.43. The van der Waals surface area contributed by atoms with Crippen LogP contribution in [0.4, 0.5) is 11.4 Å². The molecule has 0 bridgehead atoms. The van der Waals surface area contributed by atoms with E-state index in [1.807, 2.05) is 44.2 Å². The second-order valence-corrected chi connectivity index (χ2v) is 7.76. The molecule has 0 aliphatic heterocycles. The molecule has 6 nitrogen and oxygen atoms in total. The Morgan fingerprint density at radius 2 is 1.82 bits per heavy atom. The smallest absolute Gasteiger partial charge is 0.269 e. The summed E-state index contributed by atoms with van der Waals surface area (Å²) in [5, 5.41) is 10.4. The average Bonchev–Trinajstić information content (AvgIpc) is 3.20. The number of nitrogens with zero attached hydrogens (tertiary/aromatic N) is 2. The lowest BCUT2D eigenvalue weighted by molar-refractivity contribution is -0.384. The van der Waals surface area contributed by atoms with Crippen molar-refractivity contribution in [2.24, 2.45) is 0 Å². The number of carbonyl (C=O) groups excluding carboxylic acids is 1. The number of non-ortho nitro benzene ring substituents is 1. The number of furan rings is 1. The van der Waals surface area contributed by atoms with Crippen molar-refractivity contribution >= 4 is 29.0 Å². The molecular weight excluding hydrogens is 376 g/mol. The van der Waals surface area contributed by atoms with Gasteiger partial charge in [0.1, 0.15) is 5.76 Å². The van der Waals surface area contributed by atoms with E-state index < -0.39 is 4.92 Å². The van der Waals surface area contributed by atoms with Crippen molar-refractivity contribution in [2.75, 3.05) is 4.90 Å². The maximum Gasteiger partial charge on any atom is 0.269 e. The second kappa shape index (κ2) is 8.75. The van der Waals surface area contributed by atoms with E-state index in [9.17, 15) is 14.9 Å². The molecule has 7 heteroatoms. The Hall–Kier alpha value is -3.06. The van der Waals surface area contributed by atoms with Crippen molar-refractivity contribution in [2.45, 2.75) is 30.5 Å². The zero-order valence-corrected chi connectivity index (χ0v) is 16.4. The number of hydrogen-bond donors (Lipinski definition) is 0. The van der Waals surface area contributed by atoms with Crippen molar-refractivity contribution in [3.63, 3.8) is 0 Å². The third kappa shape index (κ3) is 4.80. The number of thioether (sulfide) groups is 1. The Morgan fingerprint density at radius 1 is 1.14 bits per heavy atom. The molecule has 0 fully saturated rings. The van der Waals surface area contributed by atoms with Gasteiger partial charge in [-0.3, -0.25) is 14.9 Å². The number of aryl methyl sites for hydroxylation is 1. The second-order valence-electron chi connectivity index (χ2n) is 6.35. The van der Waals surface area contributed by atoms with Gasteiger partial charge in [-0.1, -0.05) is 17.7 Å². The van der Waals surface area contributed by atoms with E-state index in [1.165, 1.54) is 23.9 Å². The summed E-state index contributed by atoms with van der Waals surface area (Å²) in [4.78, 5) is 26.0. The van der Waals surface area contributed by atoms with Gasteiger partial charge in [-0.05, 0) is 50.2 Å². The average molecular weight is 396 g/mol. The highest BCUT2D eigenvalue weighted by Crippen LogP contribution is 2.29. The quantitative estimate of drug-likeness (QED) is 0.311. The van der Waals surface area contributed by atoms with Crippen molar-refractivity contribution in [3.05, 3.63) is 88.4 Å². The van der Waals surface area contributed by atoms with Gasteiger partial charge < -0.3 is 9.32 Å². The lowest BCUT2D eigenvalue weighted by Crippen LogP contribution is -2.36.